The van der Waals surface area contributed by atoms with Crippen LogP contribution in [-0.4, -0.2) is 25.5 Å². The van der Waals surface area contributed by atoms with Crippen LogP contribution in [0.4, 0.5) is 4.79 Å². The number of benzene rings is 2. The molecule has 25 heavy (non-hydrogen) atoms. The highest BCUT2D eigenvalue weighted by Gasteiger charge is 2.02. The molecule has 2 rings (SSSR count). The lowest BCUT2D eigenvalue weighted by Crippen LogP contribution is -2.24. The number of ether oxygens (including phenoxy) is 2. The van der Waals surface area contributed by atoms with E-state index >= 15 is 0 Å². The summed E-state index contributed by atoms with van der Waals surface area (Å²) in [6.45, 7) is 2.95. The maximum Gasteiger partial charge on any atom is 0.332 e. The van der Waals surface area contributed by atoms with Crippen molar-refractivity contribution in [3.63, 3.8) is 0 Å². The normalized spacial score (nSPS) is 10.6. The van der Waals surface area contributed by atoms with Crippen LogP contribution < -0.4 is 20.6 Å². The van der Waals surface area contributed by atoms with Crippen molar-refractivity contribution >= 4 is 23.8 Å². The topological polar surface area (TPSA) is 85.9 Å². The number of primary amides is 1. The van der Waals surface area contributed by atoms with Crippen molar-refractivity contribution in [2.75, 3.05) is 13.2 Å². The second-order valence-electron chi connectivity index (χ2n) is 5.23. The Balaban J connectivity index is 1.78. The molecular formula is C18H20ClN3O3. The van der Waals surface area contributed by atoms with Crippen molar-refractivity contribution < 1.29 is 14.3 Å². The van der Waals surface area contributed by atoms with E-state index in [1.165, 1.54) is 6.21 Å². The molecule has 0 spiro atoms. The Labute approximate surface area is 151 Å². The summed E-state index contributed by atoms with van der Waals surface area (Å²) in [6, 6.07) is 12.2. The molecule has 0 atom stereocenters. The molecule has 3 N–H and O–H groups in total. The van der Waals surface area contributed by atoms with Crippen LogP contribution in [0, 0.1) is 6.92 Å². The van der Waals surface area contributed by atoms with Gasteiger partial charge in [-0.2, -0.15) is 5.10 Å². The number of hydrogen-bond acceptors (Lipinski definition) is 4. The summed E-state index contributed by atoms with van der Waals surface area (Å²) in [6.07, 6.45) is 2.19. The number of nitrogens with two attached hydrogens (primary N) is 1. The van der Waals surface area contributed by atoms with Gasteiger partial charge in [0.25, 0.3) is 0 Å². The van der Waals surface area contributed by atoms with Gasteiger partial charge in [-0.1, -0.05) is 23.7 Å². The lowest BCUT2D eigenvalue weighted by atomic mass is 10.2. The molecule has 0 radical (unpaired) electrons. The second kappa shape index (κ2) is 9.54. The molecule has 0 aliphatic carbocycles. The van der Waals surface area contributed by atoms with Crippen molar-refractivity contribution in [2.24, 2.45) is 10.8 Å². The van der Waals surface area contributed by atoms with Crippen molar-refractivity contribution in [1.29, 1.82) is 0 Å². The number of nitrogens with zero attached hydrogens (tertiary/aromatic N) is 1. The van der Waals surface area contributed by atoms with Crippen molar-refractivity contribution in [1.82, 2.24) is 5.43 Å². The van der Waals surface area contributed by atoms with Crippen LogP contribution in [0.2, 0.25) is 5.02 Å². The molecule has 0 fully saturated rings. The standard InChI is InChI=1S/C18H20ClN3O3/c1-13-11-15(7-8-16(13)19)24-9-4-10-25-17-6-3-2-5-14(17)12-21-22-18(20)23/h2-3,5-8,11-12H,4,9-10H2,1H3,(H3,20,22,23). The van der Waals surface area contributed by atoms with E-state index in [9.17, 15) is 4.79 Å². The number of para-hydroxylation sites is 1. The second-order valence-corrected chi connectivity index (χ2v) is 5.64. The van der Waals surface area contributed by atoms with E-state index in [4.69, 9.17) is 26.8 Å². The number of carbonyl (C=O) groups is 1. The third-order valence-corrected chi connectivity index (χ3v) is 3.67. The third-order valence-electron chi connectivity index (χ3n) is 3.24. The summed E-state index contributed by atoms with van der Waals surface area (Å²) in [7, 11) is 0. The smallest absolute Gasteiger partial charge is 0.332 e. The molecule has 0 saturated carbocycles. The van der Waals surface area contributed by atoms with Gasteiger partial charge in [0, 0.05) is 17.0 Å². The van der Waals surface area contributed by atoms with Crippen LogP contribution in [0.15, 0.2) is 47.6 Å². The van der Waals surface area contributed by atoms with Gasteiger partial charge in [-0.05, 0) is 42.8 Å². The first-order chi connectivity index (χ1) is 12.1. The molecule has 0 bridgehead atoms. The number of urea groups is 1. The Morgan fingerprint density at radius 3 is 2.76 bits per heavy atom. The zero-order valence-corrected chi connectivity index (χ0v) is 14.6. The number of amides is 2. The summed E-state index contributed by atoms with van der Waals surface area (Å²) in [5, 5.41) is 4.46. The summed E-state index contributed by atoms with van der Waals surface area (Å²) < 4.78 is 11.4. The Kier molecular flexibility index (Phi) is 7.10. The molecule has 2 amide bonds. The first-order valence-electron chi connectivity index (χ1n) is 7.75. The third kappa shape index (κ3) is 6.35. The molecule has 0 aromatic heterocycles. The number of nitrogens with one attached hydrogen (secondary N) is 1. The predicted octanol–water partition coefficient (Wildman–Crippen LogP) is 3.50. The highest BCUT2D eigenvalue weighted by molar-refractivity contribution is 6.31. The summed E-state index contributed by atoms with van der Waals surface area (Å²) in [4.78, 5) is 10.6. The Morgan fingerprint density at radius 2 is 2.00 bits per heavy atom. The molecule has 6 nitrogen and oxygen atoms in total. The number of hydrazone groups is 1. The lowest BCUT2D eigenvalue weighted by Gasteiger charge is -2.10. The van der Waals surface area contributed by atoms with Crippen molar-refractivity contribution in [3.8, 4) is 11.5 Å². The monoisotopic (exact) mass is 361 g/mol. The Bertz CT molecular complexity index is 750. The van der Waals surface area contributed by atoms with Crippen LogP contribution in [-0.2, 0) is 0 Å². The van der Waals surface area contributed by atoms with E-state index < -0.39 is 6.03 Å². The highest BCUT2D eigenvalue weighted by Crippen LogP contribution is 2.21. The van der Waals surface area contributed by atoms with Crippen LogP contribution in [0.1, 0.15) is 17.5 Å². The zero-order chi connectivity index (χ0) is 18.1. The summed E-state index contributed by atoms with van der Waals surface area (Å²) in [5.74, 6) is 1.45. The van der Waals surface area contributed by atoms with Gasteiger partial charge in [0.15, 0.2) is 0 Å². The maximum atomic E-state index is 10.6. The molecule has 0 aliphatic heterocycles. The van der Waals surface area contributed by atoms with Crippen LogP contribution in [0.25, 0.3) is 0 Å². The molecule has 132 valence electrons. The summed E-state index contributed by atoms with van der Waals surface area (Å²) in [5.41, 5.74) is 8.83. The van der Waals surface area contributed by atoms with Gasteiger partial charge in [0.1, 0.15) is 11.5 Å². The molecular weight excluding hydrogens is 342 g/mol. The van der Waals surface area contributed by atoms with Gasteiger partial charge in [-0.25, -0.2) is 10.2 Å². The minimum atomic E-state index is -0.718. The number of halogens is 1. The molecule has 0 heterocycles. The number of aryl methyl sites for hydroxylation is 1. The molecule has 7 heteroatoms. The highest BCUT2D eigenvalue weighted by atomic mass is 35.5. The SMILES string of the molecule is Cc1cc(OCCCOc2ccccc2C=NNC(N)=O)ccc1Cl. The molecule has 0 unspecified atom stereocenters. The van der Waals surface area contributed by atoms with E-state index in [0.717, 1.165) is 21.9 Å². The number of hydrogen-bond donors (Lipinski definition) is 2. The van der Waals surface area contributed by atoms with Crippen molar-refractivity contribution in [2.45, 2.75) is 13.3 Å². The van der Waals surface area contributed by atoms with Gasteiger partial charge >= 0.3 is 6.03 Å². The van der Waals surface area contributed by atoms with Crippen LogP contribution in [0.3, 0.4) is 0 Å². The first kappa shape index (κ1) is 18.6. The van der Waals surface area contributed by atoms with Crippen LogP contribution in [0.5, 0.6) is 11.5 Å². The fourth-order valence-corrected chi connectivity index (χ4v) is 2.14. The number of rotatable bonds is 8. The molecule has 0 aliphatic rings. The fraction of sp³-hybridized carbons (Fsp3) is 0.222. The van der Waals surface area contributed by atoms with Gasteiger partial charge in [-0.15, -0.1) is 0 Å². The zero-order valence-electron chi connectivity index (χ0n) is 13.9. The van der Waals surface area contributed by atoms with Gasteiger partial charge < -0.3 is 15.2 Å². The minimum absolute atomic E-state index is 0.487. The maximum absolute atomic E-state index is 10.6. The predicted molar refractivity (Wildman–Crippen MR) is 98.6 cm³/mol. The van der Waals surface area contributed by atoms with Crippen molar-refractivity contribution in [3.05, 3.63) is 58.6 Å². The average molecular weight is 362 g/mol. The molecule has 2 aromatic rings. The van der Waals surface area contributed by atoms with E-state index in [1.807, 2.05) is 49.4 Å². The van der Waals surface area contributed by atoms with Gasteiger partial charge in [0.2, 0.25) is 0 Å². The van der Waals surface area contributed by atoms with E-state index in [0.29, 0.717) is 25.4 Å². The van der Waals surface area contributed by atoms with E-state index in [1.54, 1.807) is 0 Å². The molecule has 2 aromatic carbocycles. The Morgan fingerprint density at radius 1 is 1.24 bits per heavy atom. The average Bonchev–Trinajstić information content (AvgIpc) is 2.58. The van der Waals surface area contributed by atoms with Gasteiger partial charge in [0.05, 0.1) is 19.4 Å². The fourth-order valence-electron chi connectivity index (χ4n) is 2.02. The minimum Gasteiger partial charge on any atom is -0.493 e. The molecule has 0 saturated heterocycles. The van der Waals surface area contributed by atoms with E-state index in [-0.39, 0.29) is 0 Å². The largest absolute Gasteiger partial charge is 0.493 e. The Hall–Kier alpha value is -2.73. The van der Waals surface area contributed by atoms with Gasteiger partial charge in [-0.3, -0.25) is 0 Å². The quantitative estimate of drug-likeness (QED) is 0.428. The first-order valence-corrected chi connectivity index (χ1v) is 8.13. The van der Waals surface area contributed by atoms with E-state index in [2.05, 4.69) is 10.5 Å². The lowest BCUT2D eigenvalue weighted by molar-refractivity contribution is 0.247. The van der Waals surface area contributed by atoms with Crippen LogP contribution >= 0.6 is 11.6 Å². The summed E-state index contributed by atoms with van der Waals surface area (Å²) >= 11 is 5.98. The number of carbonyl (C=O) groups excluding carboxylic acids is 1.